The van der Waals surface area contributed by atoms with Crippen molar-refractivity contribution in [3.05, 3.63) is 29.3 Å². The molecule has 0 radical (unpaired) electrons. The van der Waals surface area contributed by atoms with Gasteiger partial charge in [0, 0.05) is 24.3 Å². The first-order valence-corrected chi connectivity index (χ1v) is 13.7. The van der Waals surface area contributed by atoms with Crippen LogP contribution in [0.4, 0.5) is 5.69 Å². The van der Waals surface area contributed by atoms with Crippen molar-refractivity contribution in [2.24, 2.45) is 17.8 Å². The molecule has 0 atom stereocenters. The second-order valence-corrected chi connectivity index (χ2v) is 11.6. The molecular weight excluding hydrogens is 376 g/mol. The van der Waals surface area contributed by atoms with Gasteiger partial charge < -0.3 is 4.90 Å². The van der Waals surface area contributed by atoms with E-state index in [1.54, 1.807) is 36.1 Å². The highest BCUT2D eigenvalue weighted by atomic mass is 15.4. The van der Waals surface area contributed by atoms with Crippen LogP contribution < -0.4 is 4.90 Å². The second-order valence-electron chi connectivity index (χ2n) is 11.6. The summed E-state index contributed by atoms with van der Waals surface area (Å²) in [6.45, 7) is 13.2. The Hall–Kier alpha value is -1.02. The van der Waals surface area contributed by atoms with Gasteiger partial charge in [-0.25, -0.2) is 0 Å². The lowest BCUT2D eigenvalue weighted by Gasteiger charge is -2.60. The highest BCUT2D eigenvalue weighted by Gasteiger charge is 2.54. The lowest BCUT2D eigenvalue weighted by atomic mass is 9.52. The lowest BCUT2D eigenvalue weighted by molar-refractivity contribution is -0.0797. The van der Waals surface area contributed by atoms with Crippen molar-refractivity contribution in [3.63, 3.8) is 0 Å². The van der Waals surface area contributed by atoms with Gasteiger partial charge in [-0.05, 0) is 105 Å². The molecule has 2 nitrogen and oxygen atoms in total. The van der Waals surface area contributed by atoms with Crippen LogP contribution in [0.3, 0.4) is 0 Å². The van der Waals surface area contributed by atoms with Crippen LogP contribution in [0.2, 0.25) is 0 Å². The third-order valence-corrected chi connectivity index (χ3v) is 9.92. The van der Waals surface area contributed by atoms with Crippen LogP contribution in [0.15, 0.2) is 18.2 Å². The first-order chi connectivity index (χ1) is 15.1. The smallest absolute Gasteiger partial charge is 0.0713 e. The third-order valence-electron chi connectivity index (χ3n) is 9.92. The maximum atomic E-state index is 2.97. The molecular formula is C29H46N2. The molecule has 0 amide bonds. The summed E-state index contributed by atoms with van der Waals surface area (Å²) < 4.78 is 0. The minimum Gasteiger partial charge on any atom is -0.357 e. The van der Waals surface area contributed by atoms with E-state index < -0.39 is 0 Å². The molecule has 31 heavy (non-hydrogen) atoms. The Morgan fingerprint density at radius 3 is 1.71 bits per heavy atom. The van der Waals surface area contributed by atoms with Gasteiger partial charge in [-0.3, -0.25) is 4.90 Å². The molecule has 4 aliphatic carbocycles. The van der Waals surface area contributed by atoms with E-state index in [0.29, 0.717) is 17.4 Å². The van der Waals surface area contributed by atoms with Crippen LogP contribution >= 0.6 is 0 Å². The van der Waals surface area contributed by atoms with Gasteiger partial charge in [-0.15, -0.1) is 0 Å². The molecule has 2 heteroatoms. The Kier molecular flexibility index (Phi) is 6.14. The molecule has 0 aromatic heterocycles. The predicted molar refractivity (Wildman–Crippen MR) is 133 cm³/mol. The number of hydrogen-bond donors (Lipinski definition) is 0. The summed E-state index contributed by atoms with van der Waals surface area (Å²) in [7, 11) is 0. The van der Waals surface area contributed by atoms with Crippen LogP contribution in [0.1, 0.15) is 115 Å². The van der Waals surface area contributed by atoms with Gasteiger partial charge >= 0.3 is 0 Å². The summed E-state index contributed by atoms with van der Waals surface area (Å²) in [4.78, 5) is 5.79. The van der Waals surface area contributed by atoms with Gasteiger partial charge in [0.05, 0.1) is 6.67 Å². The summed E-state index contributed by atoms with van der Waals surface area (Å²) >= 11 is 0. The monoisotopic (exact) mass is 422 g/mol. The fourth-order valence-electron chi connectivity index (χ4n) is 8.67. The Morgan fingerprint density at radius 1 is 0.774 bits per heavy atom. The number of para-hydroxylation sites is 1. The van der Waals surface area contributed by atoms with Crippen molar-refractivity contribution in [3.8, 4) is 0 Å². The van der Waals surface area contributed by atoms with Crippen molar-refractivity contribution in [2.45, 2.75) is 109 Å². The van der Waals surface area contributed by atoms with Crippen LogP contribution in [0, 0.1) is 17.8 Å². The van der Waals surface area contributed by atoms with E-state index in [0.717, 1.165) is 17.8 Å². The number of nitrogens with zero attached hydrogens (tertiary/aromatic N) is 2. The Balaban J connectivity index is 1.46. The first kappa shape index (κ1) is 21.8. The van der Waals surface area contributed by atoms with E-state index in [4.69, 9.17) is 0 Å². The number of benzene rings is 1. The molecule has 5 aliphatic rings. The molecule has 4 saturated carbocycles. The maximum absolute atomic E-state index is 2.97. The lowest BCUT2D eigenvalue weighted by Crippen LogP contribution is -2.59. The Bertz CT molecular complexity index is 694. The highest BCUT2D eigenvalue weighted by molar-refractivity contribution is 5.63. The van der Waals surface area contributed by atoms with Gasteiger partial charge in [0.15, 0.2) is 0 Å². The SMILES string of the molecule is CCC(CC)c1cccc(C(CC)CC)c1N1CCN(C23CC4CC(CC(C4)C2)C3)C1. The molecule has 4 bridgehead atoms. The average molecular weight is 423 g/mol. The average Bonchev–Trinajstić information content (AvgIpc) is 3.26. The molecule has 1 heterocycles. The standard InChI is InChI=1S/C29H46N2/c1-5-24(6-2)26-10-9-11-27(25(7-3)8-4)28(26)30-12-13-31(20-30)29-17-21-14-22(18-29)16-23(15-21)19-29/h9-11,21-25H,5-8,12-20H2,1-4H3. The van der Waals surface area contributed by atoms with Gasteiger partial charge in [0.1, 0.15) is 0 Å². The molecule has 0 N–H and O–H groups in total. The second kappa shape index (κ2) is 8.73. The minimum absolute atomic E-state index is 0.544. The fourth-order valence-corrected chi connectivity index (χ4v) is 8.67. The molecule has 1 aromatic rings. The van der Waals surface area contributed by atoms with Crippen LogP contribution in [-0.4, -0.2) is 30.2 Å². The van der Waals surface area contributed by atoms with E-state index >= 15 is 0 Å². The number of hydrogen-bond acceptors (Lipinski definition) is 2. The predicted octanol–water partition coefficient (Wildman–Crippen LogP) is 7.54. The summed E-state index contributed by atoms with van der Waals surface area (Å²) in [6.07, 6.45) is 14.2. The van der Waals surface area contributed by atoms with Gasteiger partial charge in [0.2, 0.25) is 0 Å². The zero-order valence-corrected chi connectivity index (χ0v) is 20.7. The molecule has 1 aromatic carbocycles. The largest absolute Gasteiger partial charge is 0.357 e. The van der Waals surface area contributed by atoms with E-state index in [-0.39, 0.29) is 0 Å². The molecule has 0 spiro atoms. The fraction of sp³-hybridized carbons (Fsp3) is 0.793. The van der Waals surface area contributed by atoms with Crippen LogP contribution in [-0.2, 0) is 0 Å². The van der Waals surface area contributed by atoms with Crippen LogP contribution in [0.5, 0.6) is 0 Å². The maximum Gasteiger partial charge on any atom is 0.0713 e. The van der Waals surface area contributed by atoms with Crippen molar-refractivity contribution in [2.75, 3.05) is 24.7 Å². The van der Waals surface area contributed by atoms with Gasteiger partial charge in [-0.2, -0.15) is 0 Å². The van der Waals surface area contributed by atoms with Crippen LogP contribution in [0.25, 0.3) is 0 Å². The zero-order valence-electron chi connectivity index (χ0n) is 20.7. The molecule has 1 saturated heterocycles. The quantitative estimate of drug-likeness (QED) is 0.427. The van der Waals surface area contributed by atoms with Crippen molar-refractivity contribution in [1.82, 2.24) is 4.90 Å². The van der Waals surface area contributed by atoms with E-state index in [1.807, 2.05) is 0 Å². The van der Waals surface area contributed by atoms with E-state index in [2.05, 4.69) is 55.7 Å². The summed E-state index contributed by atoms with van der Waals surface area (Å²) in [5, 5.41) is 0. The third kappa shape index (κ3) is 3.75. The van der Waals surface area contributed by atoms with Crippen molar-refractivity contribution in [1.29, 1.82) is 0 Å². The summed E-state index contributed by atoms with van der Waals surface area (Å²) in [5.74, 6) is 4.50. The summed E-state index contributed by atoms with van der Waals surface area (Å²) in [6, 6.07) is 7.29. The number of rotatable bonds is 8. The van der Waals surface area contributed by atoms with E-state index in [9.17, 15) is 0 Å². The Labute approximate surface area is 191 Å². The van der Waals surface area contributed by atoms with Gasteiger partial charge in [0.25, 0.3) is 0 Å². The van der Waals surface area contributed by atoms with Crippen molar-refractivity contribution < 1.29 is 0 Å². The molecule has 1 aliphatic heterocycles. The molecule has 6 rings (SSSR count). The topological polar surface area (TPSA) is 6.48 Å². The van der Waals surface area contributed by atoms with Crippen molar-refractivity contribution >= 4 is 5.69 Å². The highest BCUT2D eigenvalue weighted by Crippen LogP contribution is 2.58. The molecule has 5 fully saturated rings. The van der Waals surface area contributed by atoms with E-state index in [1.165, 1.54) is 64.7 Å². The molecule has 0 unspecified atom stereocenters. The van der Waals surface area contributed by atoms with Gasteiger partial charge in [-0.1, -0.05) is 45.9 Å². The summed E-state index contributed by atoms with van der Waals surface area (Å²) in [5.41, 5.74) is 5.46. The zero-order chi connectivity index (χ0) is 21.6. The number of anilines is 1. The molecule has 172 valence electrons. The first-order valence-electron chi connectivity index (χ1n) is 13.7. The normalized spacial score (nSPS) is 32.7. The Morgan fingerprint density at radius 2 is 1.26 bits per heavy atom. The minimum atomic E-state index is 0.544.